The van der Waals surface area contributed by atoms with Crippen LogP contribution in [0.4, 0.5) is 0 Å². The Labute approximate surface area is 381 Å². The molecule has 0 spiro atoms. The highest BCUT2D eigenvalue weighted by Gasteiger charge is 2.51. The number of unbranched alkanes of at least 4 members (excludes halogenated alkanes) is 24. The topological polar surface area (TPSA) is 226 Å². The molecule has 0 heterocycles. The summed E-state index contributed by atoms with van der Waals surface area (Å²) in [6.07, 6.45) is 30.9. The van der Waals surface area contributed by atoms with Gasteiger partial charge in [0.05, 0.1) is 31.3 Å². The molecule has 13 nitrogen and oxygen atoms in total. The Morgan fingerprint density at radius 1 is 0.556 bits per heavy atom. The molecule has 0 radical (unpaired) electrons. The lowest BCUT2D eigenvalue weighted by Gasteiger charge is -2.41. The molecule has 1 saturated carbocycles. The van der Waals surface area contributed by atoms with Crippen LogP contribution in [0.25, 0.3) is 0 Å². The number of hydrogen-bond acceptors (Lipinski definition) is 11. The first kappa shape index (κ1) is 59.5. The van der Waals surface area contributed by atoms with E-state index >= 15 is 0 Å². The molecule has 1 aliphatic carbocycles. The van der Waals surface area contributed by atoms with Crippen molar-refractivity contribution in [3.05, 3.63) is 36.5 Å². The second-order valence-corrected chi connectivity index (χ2v) is 19.2. The molecule has 0 aromatic carbocycles. The molecule has 14 heteroatoms. The highest BCUT2D eigenvalue weighted by atomic mass is 31.2. The Kier molecular flexibility index (Phi) is 36.5. The highest BCUT2D eigenvalue weighted by Crippen LogP contribution is 2.47. The fraction of sp³-hybridized carbons (Fsp3) is 0.857. The van der Waals surface area contributed by atoms with Crippen molar-refractivity contribution in [3.8, 4) is 0 Å². The number of aliphatic hydroxyl groups is 7. The van der Waals surface area contributed by atoms with E-state index in [1.165, 1.54) is 115 Å². The molecule has 63 heavy (non-hydrogen) atoms. The van der Waals surface area contributed by atoms with Crippen LogP contribution in [0.3, 0.4) is 0 Å². The van der Waals surface area contributed by atoms with Crippen molar-refractivity contribution in [2.45, 2.75) is 261 Å². The van der Waals surface area contributed by atoms with Crippen molar-refractivity contribution in [1.29, 1.82) is 0 Å². The van der Waals surface area contributed by atoms with Crippen molar-refractivity contribution in [1.82, 2.24) is 5.32 Å². The quantitative estimate of drug-likeness (QED) is 0.0159. The Balaban J connectivity index is 2.54. The van der Waals surface area contributed by atoms with Gasteiger partial charge in [-0.2, -0.15) is 0 Å². The highest BCUT2D eigenvalue weighted by molar-refractivity contribution is 7.47. The van der Waals surface area contributed by atoms with Crippen LogP contribution in [0.1, 0.15) is 206 Å². The van der Waals surface area contributed by atoms with Gasteiger partial charge in [0.2, 0.25) is 5.91 Å². The number of carbonyl (C=O) groups is 1. The first-order valence-electron chi connectivity index (χ1n) is 25.0. The fourth-order valence-corrected chi connectivity index (χ4v) is 8.81. The second-order valence-electron chi connectivity index (χ2n) is 17.8. The van der Waals surface area contributed by atoms with Crippen LogP contribution in [-0.2, 0) is 18.4 Å². The van der Waals surface area contributed by atoms with Crippen LogP contribution in [-0.4, -0.2) is 108 Å². The van der Waals surface area contributed by atoms with E-state index in [4.69, 9.17) is 9.05 Å². The fourth-order valence-electron chi connectivity index (χ4n) is 7.84. The van der Waals surface area contributed by atoms with Crippen molar-refractivity contribution >= 4 is 13.7 Å². The van der Waals surface area contributed by atoms with Gasteiger partial charge < -0.3 is 46.0 Å². The van der Waals surface area contributed by atoms with E-state index in [9.17, 15) is 50.0 Å². The smallest absolute Gasteiger partial charge is 0.393 e. The molecule has 0 bridgehead atoms. The zero-order valence-electron chi connectivity index (χ0n) is 39.2. The number of hydrogen-bond donors (Lipinski definition) is 9. The molecule has 9 N–H and O–H groups in total. The summed E-state index contributed by atoms with van der Waals surface area (Å²) in [6, 6.07) is -1.26. The third kappa shape index (κ3) is 30.4. The minimum Gasteiger partial charge on any atom is -0.393 e. The molecule has 0 aromatic rings. The van der Waals surface area contributed by atoms with Gasteiger partial charge in [0.25, 0.3) is 0 Å². The Hall–Kier alpha value is -1.48. The molecule has 1 fully saturated rings. The molecule has 0 aliphatic heterocycles. The molecule has 1 amide bonds. The monoisotopic (exact) mass is 918 g/mol. The molecule has 370 valence electrons. The summed E-state index contributed by atoms with van der Waals surface area (Å²) in [6.45, 7) is 3.73. The number of aliphatic hydroxyl groups excluding tert-OH is 7. The van der Waals surface area contributed by atoms with E-state index in [-0.39, 0.29) is 6.42 Å². The summed E-state index contributed by atoms with van der Waals surface area (Å²) in [5, 5.41) is 74.5. The van der Waals surface area contributed by atoms with Crippen LogP contribution < -0.4 is 5.32 Å². The first-order chi connectivity index (χ1) is 30.3. The maximum Gasteiger partial charge on any atom is 0.472 e. The molecule has 1 rings (SSSR count). The number of phosphoric acid groups is 1. The van der Waals surface area contributed by atoms with Crippen LogP contribution in [0.15, 0.2) is 36.5 Å². The van der Waals surface area contributed by atoms with E-state index in [1.807, 2.05) is 0 Å². The SMILES string of the molecule is CCCCCCCCCC/C=C\CCCCCCCC(O)CC(=O)NC(COP(=O)(O)OC1C(O)C(O)C(O)C(O)C1O)C(O)/C=C/CC/C=C/CCCCCCCCCCCC. The minimum absolute atomic E-state index is 0.258. The van der Waals surface area contributed by atoms with Gasteiger partial charge >= 0.3 is 7.82 Å². The average molecular weight is 918 g/mol. The predicted molar refractivity (Wildman–Crippen MR) is 252 cm³/mol. The van der Waals surface area contributed by atoms with Crippen LogP contribution in [0.2, 0.25) is 0 Å². The lowest BCUT2D eigenvalue weighted by atomic mass is 9.85. The van der Waals surface area contributed by atoms with E-state index in [0.29, 0.717) is 12.8 Å². The summed E-state index contributed by atoms with van der Waals surface area (Å²) in [5.41, 5.74) is 0. The van der Waals surface area contributed by atoms with Crippen molar-refractivity contribution in [2.24, 2.45) is 0 Å². The third-order valence-corrected chi connectivity index (χ3v) is 12.9. The van der Waals surface area contributed by atoms with E-state index in [2.05, 4.69) is 43.5 Å². The Morgan fingerprint density at radius 3 is 1.40 bits per heavy atom. The molecule has 8 unspecified atom stereocenters. The summed E-state index contributed by atoms with van der Waals surface area (Å²) in [7, 11) is -5.15. The van der Waals surface area contributed by atoms with Gasteiger partial charge in [-0.05, 0) is 57.8 Å². The van der Waals surface area contributed by atoms with E-state index < -0.39 is 75.2 Å². The molecule has 8 atom stereocenters. The van der Waals surface area contributed by atoms with E-state index in [1.54, 1.807) is 6.08 Å². The minimum atomic E-state index is -5.15. The number of phosphoric ester groups is 1. The zero-order chi connectivity index (χ0) is 46.6. The molecule has 0 saturated heterocycles. The maximum atomic E-state index is 13.0. The summed E-state index contributed by atoms with van der Waals surface area (Å²) < 4.78 is 22.9. The van der Waals surface area contributed by atoms with Crippen molar-refractivity contribution in [3.63, 3.8) is 0 Å². The van der Waals surface area contributed by atoms with Gasteiger partial charge in [-0.3, -0.25) is 13.8 Å². The Bertz CT molecular complexity index is 1220. The molecule has 1 aliphatic rings. The van der Waals surface area contributed by atoms with Gasteiger partial charge in [-0.1, -0.05) is 179 Å². The molecule has 0 aromatic heterocycles. The van der Waals surface area contributed by atoms with E-state index in [0.717, 1.165) is 64.2 Å². The normalized spacial score (nSPS) is 23.1. The van der Waals surface area contributed by atoms with Crippen molar-refractivity contribution in [2.75, 3.05) is 6.61 Å². The van der Waals surface area contributed by atoms with Crippen molar-refractivity contribution < 1.29 is 59.0 Å². The average Bonchev–Trinajstić information content (AvgIpc) is 3.26. The standard InChI is InChI=1S/C49H92NO12P/c1-3-5-7-9-11-13-15-17-19-21-22-24-26-28-30-32-34-36-40(51)38-43(53)50-41(39-61-63(59,60)62-49-47(57)45(55)44(54)46(56)48(49)58)42(52)37-35-33-31-29-27-25-23-20-18-16-14-12-10-8-6-4-2/h21-22,27,29,35,37,40-42,44-49,51-52,54-58H,3-20,23-26,28,30-34,36,38-39H2,1-2H3,(H,50,53)(H,59,60)/b22-21-,29-27+,37-35+. The number of nitrogens with one attached hydrogen (secondary N) is 1. The molecular weight excluding hydrogens is 826 g/mol. The Morgan fingerprint density at radius 2 is 0.937 bits per heavy atom. The number of rotatable bonds is 41. The second kappa shape index (κ2) is 38.6. The van der Waals surface area contributed by atoms with Crippen LogP contribution >= 0.6 is 7.82 Å². The van der Waals surface area contributed by atoms with Crippen LogP contribution in [0, 0.1) is 0 Å². The van der Waals surface area contributed by atoms with Gasteiger partial charge in [-0.25, -0.2) is 4.57 Å². The van der Waals surface area contributed by atoms with Crippen LogP contribution in [0.5, 0.6) is 0 Å². The molecular formula is C49H92NO12P. The number of amides is 1. The van der Waals surface area contributed by atoms with Gasteiger partial charge in [-0.15, -0.1) is 0 Å². The zero-order valence-corrected chi connectivity index (χ0v) is 40.1. The van der Waals surface area contributed by atoms with Gasteiger partial charge in [0, 0.05) is 0 Å². The largest absolute Gasteiger partial charge is 0.472 e. The third-order valence-electron chi connectivity index (χ3n) is 11.9. The lowest BCUT2D eigenvalue weighted by Crippen LogP contribution is -2.64. The summed E-state index contributed by atoms with van der Waals surface area (Å²) in [4.78, 5) is 23.5. The number of allylic oxidation sites excluding steroid dienone is 5. The lowest BCUT2D eigenvalue weighted by molar-refractivity contribution is -0.220. The first-order valence-corrected chi connectivity index (χ1v) is 26.5. The number of carbonyl (C=O) groups excluding carboxylic acids is 1. The predicted octanol–water partition coefficient (Wildman–Crippen LogP) is 8.92. The summed E-state index contributed by atoms with van der Waals surface area (Å²) in [5.74, 6) is -0.607. The maximum absolute atomic E-state index is 13.0. The van der Waals surface area contributed by atoms with Gasteiger partial charge in [0.15, 0.2) is 0 Å². The summed E-state index contributed by atoms with van der Waals surface area (Å²) >= 11 is 0. The van der Waals surface area contributed by atoms with Gasteiger partial charge in [0.1, 0.15) is 36.6 Å².